The largest absolute Gasteiger partial charge is 0.293 e. The summed E-state index contributed by atoms with van der Waals surface area (Å²) < 4.78 is 0. The number of aromatic nitrogens is 1. The molecule has 2 aromatic carbocycles. The molecule has 3 aromatic rings. The van der Waals surface area contributed by atoms with Crippen molar-refractivity contribution in [3.8, 4) is 0 Å². The summed E-state index contributed by atoms with van der Waals surface area (Å²) in [6.45, 7) is 1.98. The summed E-state index contributed by atoms with van der Waals surface area (Å²) in [5, 5.41) is 1.01. The summed E-state index contributed by atoms with van der Waals surface area (Å²) in [6, 6.07) is 16.6. The van der Waals surface area contributed by atoms with Gasteiger partial charge in [0.15, 0.2) is 11.6 Å². The molecule has 4 rings (SSSR count). The summed E-state index contributed by atoms with van der Waals surface area (Å²) in [7, 11) is 0. The SMILES string of the molecule is Cc1cccc2ccc(C3C(=O)c4ccccc4C3=O)nc12. The van der Waals surface area contributed by atoms with Crippen LogP contribution in [-0.4, -0.2) is 16.6 Å². The van der Waals surface area contributed by atoms with Crippen molar-refractivity contribution in [2.24, 2.45) is 0 Å². The highest BCUT2D eigenvalue weighted by molar-refractivity contribution is 6.29. The number of hydrogen-bond acceptors (Lipinski definition) is 3. The lowest BCUT2D eigenvalue weighted by Gasteiger charge is -2.09. The van der Waals surface area contributed by atoms with E-state index >= 15 is 0 Å². The van der Waals surface area contributed by atoms with Gasteiger partial charge in [0.1, 0.15) is 5.92 Å². The molecule has 0 atom stereocenters. The Bertz CT molecular complexity index is 908. The monoisotopic (exact) mass is 287 g/mol. The van der Waals surface area contributed by atoms with Gasteiger partial charge in [-0.2, -0.15) is 0 Å². The number of benzene rings is 2. The molecule has 0 aliphatic heterocycles. The summed E-state index contributed by atoms with van der Waals surface area (Å²) >= 11 is 0. The second-order valence-corrected chi connectivity index (χ2v) is 5.59. The molecule has 1 aliphatic rings. The van der Waals surface area contributed by atoms with Crippen LogP contribution in [0.15, 0.2) is 54.6 Å². The number of aryl methyl sites for hydroxylation is 1. The first kappa shape index (κ1) is 12.9. The molecule has 1 aromatic heterocycles. The second-order valence-electron chi connectivity index (χ2n) is 5.59. The minimum atomic E-state index is -0.804. The lowest BCUT2D eigenvalue weighted by Crippen LogP contribution is -2.14. The molecule has 0 unspecified atom stereocenters. The molecule has 0 fully saturated rings. The number of ketones is 2. The summed E-state index contributed by atoms with van der Waals surface area (Å²) in [5.41, 5.74) is 3.42. The van der Waals surface area contributed by atoms with Gasteiger partial charge in [0.25, 0.3) is 0 Å². The van der Waals surface area contributed by atoms with Crippen molar-refractivity contribution in [3.05, 3.63) is 77.0 Å². The number of fused-ring (bicyclic) bond motifs is 2. The van der Waals surface area contributed by atoms with Gasteiger partial charge >= 0.3 is 0 Å². The fourth-order valence-electron chi connectivity index (χ4n) is 3.08. The van der Waals surface area contributed by atoms with Crippen molar-refractivity contribution < 1.29 is 9.59 Å². The van der Waals surface area contributed by atoms with E-state index in [1.807, 2.05) is 31.2 Å². The van der Waals surface area contributed by atoms with E-state index in [0.29, 0.717) is 16.8 Å². The summed E-state index contributed by atoms with van der Waals surface area (Å²) in [4.78, 5) is 29.7. The van der Waals surface area contributed by atoms with Crippen molar-refractivity contribution in [3.63, 3.8) is 0 Å². The molecule has 0 radical (unpaired) electrons. The van der Waals surface area contributed by atoms with Gasteiger partial charge in [-0.1, -0.05) is 48.5 Å². The quantitative estimate of drug-likeness (QED) is 0.641. The number of rotatable bonds is 1. The third kappa shape index (κ3) is 1.72. The van der Waals surface area contributed by atoms with Crippen LogP contribution in [0.25, 0.3) is 10.9 Å². The zero-order chi connectivity index (χ0) is 15.3. The van der Waals surface area contributed by atoms with Crippen LogP contribution in [0.2, 0.25) is 0 Å². The standard InChI is InChI=1S/C19H13NO2/c1-11-5-4-6-12-9-10-15(20-17(11)12)16-18(21)13-7-2-3-8-14(13)19(16)22/h2-10,16H,1H3. The van der Waals surface area contributed by atoms with Crippen molar-refractivity contribution >= 4 is 22.5 Å². The van der Waals surface area contributed by atoms with E-state index < -0.39 is 5.92 Å². The maximum atomic E-state index is 12.6. The van der Waals surface area contributed by atoms with Gasteiger partial charge in [-0.3, -0.25) is 14.6 Å². The Morgan fingerprint density at radius 1 is 0.818 bits per heavy atom. The fraction of sp³-hybridized carbons (Fsp3) is 0.105. The van der Waals surface area contributed by atoms with Crippen LogP contribution in [0.1, 0.15) is 37.9 Å². The van der Waals surface area contributed by atoms with Crippen molar-refractivity contribution in [2.45, 2.75) is 12.8 Å². The molecule has 3 heteroatoms. The molecule has 1 heterocycles. The Kier molecular flexibility index (Phi) is 2.70. The minimum Gasteiger partial charge on any atom is -0.293 e. The predicted octanol–water partition coefficient (Wildman–Crippen LogP) is 3.71. The van der Waals surface area contributed by atoms with E-state index in [1.54, 1.807) is 30.3 Å². The topological polar surface area (TPSA) is 47.0 Å². The molecular weight excluding hydrogens is 274 g/mol. The maximum Gasteiger partial charge on any atom is 0.180 e. The van der Waals surface area contributed by atoms with E-state index in [1.165, 1.54) is 0 Å². The molecule has 0 spiro atoms. The smallest absolute Gasteiger partial charge is 0.180 e. The normalized spacial score (nSPS) is 14.6. The second kappa shape index (κ2) is 4.60. The number of Topliss-reactive ketones (excluding diaryl/α,β-unsaturated/α-hetero) is 2. The molecule has 1 aliphatic carbocycles. The first-order valence-electron chi connectivity index (χ1n) is 7.20. The molecule has 0 amide bonds. The number of nitrogens with zero attached hydrogens (tertiary/aromatic N) is 1. The highest BCUT2D eigenvalue weighted by atomic mass is 16.2. The van der Waals surface area contributed by atoms with Gasteiger partial charge in [0.05, 0.1) is 11.2 Å². The summed E-state index contributed by atoms with van der Waals surface area (Å²) in [6.07, 6.45) is 0. The van der Waals surface area contributed by atoms with Gasteiger partial charge in [-0.25, -0.2) is 0 Å². The van der Waals surface area contributed by atoms with Crippen LogP contribution in [-0.2, 0) is 0 Å². The van der Waals surface area contributed by atoms with Crippen molar-refractivity contribution in [2.75, 3.05) is 0 Å². The Morgan fingerprint density at radius 2 is 1.50 bits per heavy atom. The lowest BCUT2D eigenvalue weighted by atomic mass is 9.98. The van der Waals surface area contributed by atoms with Gasteiger partial charge < -0.3 is 0 Å². The molecule has 3 nitrogen and oxygen atoms in total. The average Bonchev–Trinajstić information content (AvgIpc) is 2.80. The molecule has 0 bridgehead atoms. The van der Waals surface area contributed by atoms with E-state index in [9.17, 15) is 9.59 Å². The Morgan fingerprint density at radius 3 is 2.18 bits per heavy atom. The molecule has 22 heavy (non-hydrogen) atoms. The number of para-hydroxylation sites is 1. The van der Waals surface area contributed by atoms with Crippen LogP contribution in [0.3, 0.4) is 0 Å². The zero-order valence-corrected chi connectivity index (χ0v) is 12.0. The van der Waals surface area contributed by atoms with Gasteiger partial charge in [0, 0.05) is 16.5 Å². The van der Waals surface area contributed by atoms with E-state index in [0.717, 1.165) is 16.5 Å². The lowest BCUT2D eigenvalue weighted by molar-refractivity contribution is 0.0888. The highest BCUT2D eigenvalue weighted by Gasteiger charge is 2.40. The minimum absolute atomic E-state index is 0.152. The fourth-order valence-corrected chi connectivity index (χ4v) is 3.08. The molecule has 0 N–H and O–H groups in total. The first-order chi connectivity index (χ1) is 10.7. The van der Waals surface area contributed by atoms with Crippen LogP contribution >= 0.6 is 0 Å². The highest BCUT2D eigenvalue weighted by Crippen LogP contribution is 2.33. The van der Waals surface area contributed by atoms with Gasteiger partial charge in [-0.15, -0.1) is 0 Å². The number of hydrogen-bond donors (Lipinski definition) is 0. The van der Waals surface area contributed by atoms with Crippen LogP contribution in [0, 0.1) is 6.92 Å². The molecule has 0 saturated carbocycles. The van der Waals surface area contributed by atoms with Gasteiger partial charge in [0.2, 0.25) is 0 Å². The Balaban J connectivity index is 1.88. The van der Waals surface area contributed by atoms with E-state index in [2.05, 4.69) is 4.98 Å². The maximum absolute atomic E-state index is 12.6. The average molecular weight is 287 g/mol. The van der Waals surface area contributed by atoms with Crippen LogP contribution < -0.4 is 0 Å². The zero-order valence-electron chi connectivity index (χ0n) is 12.0. The molecule has 106 valence electrons. The molecular formula is C19H13NO2. The third-order valence-corrected chi connectivity index (χ3v) is 4.22. The number of carbonyl (C=O) groups excluding carboxylic acids is 2. The third-order valence-electron chi connectivity index (χ3n) is 4.22. The van der Waals surface area contributed by atoms with Crippen LogP contribution in [0.5, 0.6) is 0 Å². The number of carbonyl (C=O) groups is 2. The number of pyridine rings is 1. The predicted molar refractivity (Wildman–Crippen MR) is 84.3 cm³/mol. The van der Waals surface area contributed by atoms with Crippen molar-refractivity contribution in [1.29, 1.82) is 0 Å². The van der Waals surface area contributed by atoms with E-state index in [4.69, 9.17) is 0 Å². The van der Waals surface area contributed by atoms with Crippen molar-refractivity contribution in [1.82, 2.24) is 4.98 Å². The first-order valence-corrected chi connectivity index (χ1v) is 7.20. The Labute approximate surface area is 127 Å². The van der Waals surface area contributed by atoms with Crippen LogP contribution in [0.4, 0.5) is 0 Å². The Hall–Kier alpha value is -2.81. The molecule has 0 saturated heterocycles. The summed E-state index contributed by atoms with van der Waals surface area (Å²) in [5.74, 6) is -1.11. The van der Waals surface area contributed by atoms with Gasteiger partial charge in [-0.05, 0) is 18.6 Å². The van der Waals surface area contributed by atoms with E-state index in [-0.39, 0.29) is 11.6 Å².